The van der Waals surface area contributed by atoms with Crippen molar-refractivity contribution in [2.75, 3.05) is 19.1 Å². The van der Waals surface area contributed by atoms with Crippen LogP contribution in [0, 0.1) is 23.7 Å². The van der Waals surface area contributed by atoms with Crippen molar-refractivity contribution < 1.29 is 19.1 Å². The zero-order chi connectivity index (χ0) is 15.4. The first kappa shape index (κ1) is 13.4. The van der Waals surface area contributed by atoms with Gasteiger partial charge in [0.1, 0.15) is 0 Å². The van der Waals surface area contributed by atoms with Gasteiger partial charge < -0.3 is 9.47 Å². The molecule has 114 valence electrons. The molecule has 1 aromatic carbocycles. The van der Waals surface area contributed by atoms with Gasteiger partial charge in [0.15, 0.2) is 11.5 Å². The molecule has 22 heavy (non-hydrogen) atoms. The number of hydrogen-bond donors (Lipinski definition) is 0. The SMILES string of the molecule is COc1ccc(N2C(=O)[C@@H]3C4C=CC(C4)[C@@H]3C2=O)cc1OC. The number of amides is 2. The second-order valence-corrected chi connectivity index (χ2v) is 6.05. The number of imide groups is 1. The van der Waals surface area contributed by atoms with E-state index in [0.717, 1.165) is 6.42 Å². The molecular weight excluding hydrogens is 282 g/mol. The number of methoxy groups -OCH3 is 2. The number of fused-ring (bicyclic) bond motifs is 5. The summed E-state index contributed by atoms with van der Waals surface area (Å²) in [6.45, 7) is 0. The Labute approximate surface area is 128 Å². The van der Waals surface area contributed by atoms with Crippen LogP contribution >= 0.6 is 0 Å². The largest absolute Gasteiger partial charge is 0.493 e. The Kier molecular flexibility index (Phi) is 2.79. The molecular formula is C17H17NO4. The minimum absolute atomic E-state index is 0.0842. The second-order valence-electron chi connectivity index (χ2n) is 6.05. The molecule has 1 heterocycles. The van der Waals surface area contributed by atoms with Gasteiger partial charge in [-0.1, -0.05) is 12.2 Å². The fraction of sp³-hybridized carbons (Fsp3) is 0.412. The number of hydrogen-bond acceptors (Lipinski definition) is 4. The van der Waals surface area contributed by atoms with Crippen LogP contribution in [0.15, 0.2) is 30.4 Å². The van der Waals surface area contributed by atoms with Crippen molar-refractivity contribution in [3.63, 3.8) is 0 Å². The lowest BCUT2D eigenvalue weighted by molar-refractivity contribution is -0.123. The van der Waals surface area contributed by atoms with Crippen LogP contribution in [0.1, 0.15) is 6.42 Å². The van der Waals surface area contributed by atoms with Gasteiger partial charge in [0, 0.05) is 6.07 Å². The highest BCUT2D eigenvalue weighted by Crippen LogP contribution is 2.53. The lowest BCUT2D eigenvalue weighted by atomic mass is 9.85. The van der Waals surface area contributed by atoms with Gasteiger partial charge in [-0.3, -0.25) is 9.59 Å². The Hall–Kier alpha value is -2.30. The summed E-state index contributed by atoms with van der Waals surface area (Å²) >= 11 is 0. The highest BCUT2D eigenvalue weighted by molar-refractivity contribution is 6.22. The summed E-state index contributed by atoms with van der Waals surface area (Å²) in [6.07, 6.45) is 5.12. The number of rotatable bonds is 3. The molecule has 2 bridgehead atoms. The van der Waals surface area contributed by atoms with Crippen molar-refractivity contribution >= 4 is 17.5 Å². The van der Waals surface area contributed by atoms with E-state index in [2.05, 4.69) is 12.2 Å². The predicted molar refractivity (Wildman–Crippen MR) is 79.8 cm³/mol. The van der Waals surface area contributed by atoms with E-state index in [4.69, 9.17) is 9.47 Å². The maximum Gasteiger partial charge on any atom is 0.238 e. The van der Waals surface area contributed by atoms with E-state index in [-0.39, 0.29) is 35.5 Å². The van der Waals surface area contributed by atoms with E-state index in [1.165, 1.54) is 12.0 Å². The number of benzene rings is 1. The molecule has 1 saturated carbocycles. The van der Waals surface area contributed by atoms with Crippen molar-refractivity contribution in [2.45, 2.75) is 6.42 Å². The maximum absolute atomic E-state index is 12.7. The Morgan fingerprint density at radius 2 is 1.55 bits per heavy atom. The summed E-state index contributed by atoms with van der Waals surface area (Å²) in [5, 5.41) is 0. The minimum Gasteiger partial charge on any atom is -0.493 e. The zero-order valence-corrected chi connectivity index (χ0v) is 12.5. The summed E-state index contributed by atoms with van der Waals surface area (Å²) in [5.74, 6) is 0.989. The molecule has 1 aromatic rings. The molecule has 1 saturated heterocycles. The minimum atomic E-state index is -0.185. The van der Waals surface area contributed by atoms with Crippen molar-refractivity contribution in [3.05, 3.63) is 30.4 Å². The van der Waals surface area contributed by atoms with Crippen LogP contribution < -0.4 is 14.4 Å². The van der Waals surface area contributed by atoms with E-state index in [1.807, 2.05) is 0 Å². The number of carbonyl (C=O) groups is 2. The van der Waals surface area contributed by atoms with Crippen LogP contribution in [0.2, 0.25) is 0 Å². The lowest BCUT2D eigenvalue weighted by Gasteiger charge is -2.18. The fourth-order valence-corrected chi connectivity index (χ4v) is 4.12. The van der Waals surface area contributed by atoms with Crippen LogP contribution in [-0.4, -0.2) is 26.0 Å². The monoisotopic (exact) mass is 299 g/mol. The molecule has 3 aliphatic rings. The van der Waals surface area contributed by atoms with E-state index in [9.17, 15) is 9.59 Å². The normalized spacial score (nSPS) is 31.8. The van der Waals surface area contributed by atoms with E-state index < -0.39 is 0 Å². The topological polar surface area (TPSA) is 55.8 Å². The van der Waals surface area contributed by atoms with Crippen LogP contribution in [0.25, 0.3) is 0 Å². The molecule has 2 fully saturated rings. The fourth-order valence-electron chi connectivity index (χ4n) is 4.12. The Balaban J connectivity index is 1.72. The Bertz CT molecular complexity index is 666. The summed E-state index contributed by atoms with van der Waals surface area (Å²) in [7, 11) is 3.09. The van der Waals surface area contributed by atoms with Gasteiger partial charge in [0.25, 0.3) is 0 Å². The first-order valence-electron chi connectivity index (χ1n) is 7.44. The van der Waals surface area contributed by atoms with E-state index >= 15 is 0 Å². The zero-order valence-electron chi connectivity index (χ0n) is 12.5. The molecule has 0 N–H and O–H groups in total. The number of ether oxygens (including phenoxy) is 2. The van der Waals surface area contributed by atoms with Crippen LogP contribution in [0.3, 0.4) is 0 Å². The number of nitrogens with zero attached hydrogens (tertiary/aromatic N) is 1. The van der Waals surface area contributed by atoms with E-state index in [0.29, 0.717) is 17.2 Å². The van der Waals surface area contributed by atoms with Gasteiger partial charge in [-0.05, 0) is 30.4 Å². The number of anilines is 1. The summed E-state index contributed by atoms with van der Waals surface area (Å²) in [5.41, 5.74) is 0.557. The first-order valence-corrected chi connectivity index (χ1v) is 7.44. The highest BCUT2D eigenvalue weighted by atomic mass is 16.5. The van der Waals surface area contributed by atoms with Gasteiger partial charge in [-0.25, -0.2) is 4.90 Å². The van der Waals surface area contributed by atoms with Gasteiger partial charge >= 0.3 is 0 Å². The number of allylic oxidation sites excluding steroid dienone is 2. The molecule has 0 aromatic heterocycles. The molecule has 2 aliphatic carbocycles. The molecule has 2 unspecified atom stereocenters. The molecule has 4 rings (SSSR count). The average molecular weight is 299 g/mol. The van der Waals surface area contributed by atoms with Crippen molar-refractivity contribution in [3.8, 4) is 11.5 Å². The van der Waals surface area contributed by atoms with Gasteiger partial charge in [0.05, 0.1) is 31.7 Å². The predicted octanol–water partition coefficient (Wildman–Crippen LogP) is 2.02. The van der Waals surface area contributed by atoms with Crippen molar-refractivity contribution in [1.82, 2.24) is 0 Å². The third kappa shape index (κ3) is 1.59. The van der Waals surface area contributed by atoms with Crippen LogP contribution in [0.4, 0.5) is 5.69 Å². The average Bonchev–Trinajstić information content (AvgIpc) is 3.21. The Morgan fingerprint density at radius 3 is 2.09 bits per heavy atom. The van der Waals surface area contributed by atoms with Crippen molar-refractivity contribution in [1.29, 1.82) is 0 Å². The van der Waals surface area contributed by atoms with Gasteiger partial charge in [-0.15, -0.1) is 0 Å². The quantitative estimate of drug-likeness (QED) is 0.633. The molecule has 1 aliphatic heterocycles. The standard InChI is InChI=1S/C17H17NO4/c1-21-12-6-5-11(8-13(12)22-2)18-16(19)14-9-3-4-10(7-9)15(14)17(18)20/h3-6,8-10,14-15H,7H2,1-2H3/t9?,10?,14-,15+. The smallest absolute Gasteiger partial charge is 0.238 e. The molecule has 0 radical (unpaired) electrons. The van der Waals surface area contributed by atoms with Crippen LogP contribution in [-0.2, 0) is 9.59 Å². The van der Waals surface area contributed by atoms with Gasteiger partial charge in [0.2, 0.25) is 11.8 Å². The third-order valence-corrected chi connectivity index (χ3v) is 5.10. The van der Waals surface area contributed by atoms with Crippen LogP contribution in [0.5, 0.6) is 11.5 Å². The lowest BCUT2D eigenvalue weighted by Crippen LogP contribution is -2.32. The third-order valence-electron chi connectivity index (χ3n) is 5.10. The number of carbonyl (C=O) groups excluding carboxylic acids is 2. The molecule has 2 amide bonds. The summed E-state index contributed by atoms with van der Waals surface area (Å²) in [6, 6.07) is 5.13. The first-order chi connectivity index (χ1) is 10.7. The molecule has 4 atom stereocenters. The second kappa shape index (κ2) is 4.60. The Morgan fingerprint density at radius 1 is 0.955 bits per heavy atom. The summed E-state index contributed by atoms with van der Waals surface area (Å²) in [4.78, 5) is 26.8. The van der Waals surface area contributed by atoms with Crippen molar-refractivity contribution in [2.24, 2.45) is 23.7 Å². The molecule has 0 spiro atoms. The molecule has 5 heteroatoms. The molecule has 5 nitrogen and oxygen atoms in total. The summed E-state index contributed by atoms with van der Waals surface area (Å²) < 4.78 is 10.5. The maximum atomic E-state index is 12.7. The highest BCUT2D eigenvalue weighted by Gasteiger charge is 2.59. The van der Waals surface area contributed by atoms with Gasteiger partial charge in [-0.2, -0.15) is 0 Å². The van der Waals surface area contributed by atoms with E-state index in [1.54, 1.807) is 25.3 Å².